The van der Waals surface area contributed by atoms with Crippen LogP contribution in [-0.4, -0.2) is 46.2 Å². The van der Waals surface area contributed by atoms with Crippen LogP contribution in [0.2, 0.25) is 0 Å². The van der Waals surface area contributed by atoms with E-state index in [0.717, 1.165) is 0 Å². The number of nitrogens with zero attached hydrogens (tertiary/aromatic N) is 1. The van der Waals surface area contributed by atoms with Gasteiger partial charge in [0, 0.05) is 30.8 Å². The monoisotopic (exact) mass is 253 g/mol. The number of benzene rings is 1. The fraction of sp³-hybridized carbons (Fsp3) is 0.417. The predicted molar refractivity (Wildman–Crippen MR) is 64.7 cm³/mol. The van der Waals surface area contributed by atoms with E-state index in [4.69, 9.17) is 11.1 Å². The molecule has 1 aliphatic rings. The van der Waals surface area contributed by atoms with E-state index < -0.39 is 18.0 Å². The number of likely N-dealkylation sites (tertiary alicyclic amines) is 1. The van der Waals surface area contributed by atoms with Gasteiger partial charge in [0.1, 0.15) is 11.7 Å². The fourth-order valence-corrected chi connectivity index (χ4v) is 2.06. The molecule has 0 aromatic heterocycles. The second-order valence-electron chi connectivity index (χ2n) is 4.55. The Balaban J connectivity index is 2.08. The lowest BCUT2D eigenvalue weighted by molar-refractivity contribution is 0.0572. The van der Waals surface area contributed by atoms with Crippen molar-refractivity contribution in [3.63, 3.8) is 0 Å². The first kappa shape index (κ1) is 12.9. The molecule has 0 saturated carbocycles. The molecule has 2 atom stereocenters. The molecular formula is C12H16FN3O2. The summed E-state index contributed by atoms with van der Waals surface area (Å²) < 4.78 is 13.8. The van der Waals surface area contributed by atoms with E-state index in [2.05, 4.69) is 0 Å². The summed E-state index contributed by atoms with van der Waals surface area (Å²) in [6, 6.07) is 4.38. The van der Waals surface area contributed by atoms with Crippen LogP contribution in [0.5, 0.6) is 0 Å². The van der Waals surface area contributed by atoms with Gasteiger partial charge in [-0.05, 0) is 6.07 Å². The number of aliphatic hydroxyl groups excluding tert-OH is 2. The highest BCUT2D eigenvalue weighted by Gasteiger charge is 2.29. The molecule has 0 aliphatic carbocycles. The van der Waals surface area contributed by atoms with Crippen molar-refractivity contribution < 1.29 is 14.6 Å². The Hall–Kier alpha value is -1.50. The Morgan fingerprint density at radius 2 is 2.00 bits per heavy atom. The number of halogens is 1. The first-order chi connectivity index (χ1) is 8.47. The maximum atomic E-state index is 13.8. The van der Waals surface area contributed by atoms with E-state index in [1.807, 2.05) is 0 Å². The summed E-state index contributed by atoms with van der Waals surface area (Å²) in [5.74, 6) is -0.606. The number of hydrogen-bond acceptors (Lipinski definition) is 4. The van der Waals surface area contributed by atoms with Gasteiger partial charge in [-0.15, -0.1) is 0 Å². The third-order valence-electron chi connectivity index (χ3n) is 3.09. The molecule has 5 N–H and O–H groups in total. The minimum absolute atomic E-state index is 0.174. The minimum Gasteiger partial charge on any atom is -0.389 e. The molecule has 1 aliphatic heterocycles. The molecule has 0 radical (unpaired) electrons. The molecule has 1 aromatic carbocycles. The molecule has 0 spiro atoms. The van der Waals surface area contributed by atoms with Crippen molar-refractivity contribution in [3.8, 4) is 0 Å². The highest BCUT2D eigenvalue weighted by molar-refractivity contribution is 5.94. The van der Waals surface area contributed by atoms with E-state index in [-0.39, 0.29) is 5.84 Å². The lowest BCUT2D eigenvalue weighted by Gasteiger charge is -2.15. The summed E-state index contributed by atoms with van der Waals surface area (Å²) in [4.78, 5) is 1.78. The van der Waals surface area contributed by atoms with Crippen LogP contribution in [0.4, 0.5) is 4.39 Å². The average molecular weight is 253 g/mol. The van der Waals surface area contributed by atoms with E-state index in [1.54, 1.807) is 17.0 Å². The van der Waals surface area contributed by atoms with E-state index >= 15 is 0 Å². The van der Waals surface area contributed by atoms with E-state index in [9.17, 15) is 14.6 Å². The number of nitrogens with one attached hydrogen (secondary N) is 1. The first-order valence-corrected chi connectivity index (χ1v) is 5.68. The zero-order valence-electron chi connectivity index (χ0n) is 9.81. The van der Waals surface area contributed by atoms with Gasteiger partial charge in [-0.2, -0.15) is 0 Å². The second-order valence-corrected chi connectivity index (χ2v) is 4.55. The molecule has 0 amide bonds. The van der Waals surface area contributed by atoms with Gasteiger partial charge >= 0.3 is 0 Å². The lowest BCUT2D eigenvalue weighted by atomic mass is 10.1. The van der Waals surface area contributed by atoms with Gasteiger partial charge in [-0.3, -0.25) is 10.3 Å². The summed E-state index contributed by atoms with van der Waals surface area (Å²) >= 11 is 0. The molecule has 1 aromatic rings. The van der Waals surface area contributed by atoms with Crippen molar-refractivity contribution >= 4 is 5.84 Å². The molecule has 1 saturated heterocycles. The zero-order chi connectivity index (χ0) is 13.3. The van der Waals surface area contributed by atoms with Crippen molar-refractivity contribution in [3.05, 3.63) is 35.1 Å². The number of aliphatic hydroxyl groups is 2. The van der Waals surface area contributed by atoms with Crippen LogP contribution in [0, 0.1) is 11.2 Å². The number of nitrogen functional groups attached to an aromatic ring is 1. The van der Waals surface area contributed by atoms with E-state index in [1.165, 1.54) is 6.07 Å². The van der Waals surface area contributed by atoms with Crippen molar-refractivity contribution in [2.75, 3.05) is 13.1 Å². The Labute approximate surface area is 104 Å². The number of amidine groups is 1. The molecule has 1 fully saturated rings. The Morgan fingerprint density at radius 1 is 1.39 bits per heavy atom. The number of hydrogen-bond donors (Lipinski definition) is 4. The van der Waals surface area contributed by atoms with Crippen LogP contribution < -0.4 is 5.73 Å². The third kappa shape index (κ3) is 2.66. The molecule has 2 unspecified atom stereocenters. The maximum Gasteiger partial charge on any atom is 0.128 e. The van der Waals surface area contributed by atoms with Gasteiger partial charge in [0.25, 0.3) is 0 Å². The molecule has 0 bridgehead atoms. The molecule has 1 heterocycles. The summed E-state index contributed by atoms with van der Waals surface area (Å²) in [5, 5.41) is 26.0. The summed E-state index contributed by atoms with van der Waals surface area (Å²) in [6.45, 7) is 0.974. The highest BCUT2D eigenvalue weighted by Crippen LogP contribution is 2.17. The second kappa shape index (κ2) is 5.01. The average Bonchev–Trinajstić information content (AvgIpc) is 2.61. The molecule has 18 heavy (non-hydrogen) atoms. The number of β-amino-alcohol motifs (C(OH)–C–C–N with tert-alkyl or cyclic N) is 2. The predicted octanol–water partition coefficient (Wildman–Crippen LogP) is -0.353. The van der Waals surface area contributed by atoms with Crippen molar-refractivity contribution in [2.24, 2.45) is 5.73 Å². The van der Waals surface area contributed by atoms with Crippen LogP contribution in [0.25, 0.3) is 0 Å². The van der Waals surface area contributed by atoms with Crippen molar-refractivity contribution in [2.45, 2.75) is 18.8 Å². The SMILES string of the molecule is N=C(N)c1ccc(CN2CC(O)C(O)C2)c(F)c1. The molecule has 2 rings (SSSR count). The Kier molecular flexibility index (Phi) is 3.60. The Bertz CT molecular complexity index is 457. The number of nitrogens with two attached hydrogens (primary N) is 1. The standard InChI is InChI=1S/C12H16FN3O2/c13-9-3-7(12(14)15)1-2-8(9)4-16-5-10(17)11(18)6-16/h1-3,10-11,17-18H,4-6H2,(H3,14,15). The number of rotatable bonds is 3. The zero-order valence-corrected chi connectivity index (χ0v) is 9.81. The third-order valence-corrected chi connectivity index (χ3v) is 3.09. The molecule has 6 heteroatoms. The van der Waals surface area contributed by atoms with Gasteiger partial charge in [0.15, 0.2) is 0 Å². The smallest absolute Gasteiger partial charge is 0.128 e. The van der Waals surface area contributed by atoms with Gasteiger partial charge < -0.3 is 15.9 Å². The normalized spacial score (nSPS) is 24.4. The van der Waals surface area contributed by atoms with Crippen molar-refractivity contribution in [1.82, 2.24) is 4.90 Å². The lowest BCUT2D eigenvalue weighted by Crippen LogP contribution is -2.22. The summed E-state index contributed by atoms with van der Waals surface area (Å²) in [7, 11) is 0. The highest BCUT2D eigenvalue weighted by atomic mass is 19.1. The van der Waals surface area contributed by atoms with Crippen molar-refractivity contribution in [1.29, 1.82) is 5.41 Å². The van der Waals surface area contributed by atoms with E-state index in [0.29, 0.717) is 30.8 Å². The van der Waals surface area contributed by atoms with Crippen LogP contribution in [0.1, 0.15) is 11.1 Å². The van der Waals surface area contributed by atoms with Crippen LogP contribution in [0.3, 0.4) is 0 Å². The maximum absolute atomic E-state index is 13.8. The van der Waals surface area contributed by atoms with Crippen LogP contribution >= 0.6 is 0 Å². The fourth-order valence-electron chi connectivity index (χ4n) is 2.06. The molecule has 98 valence electrons. The first-order valence-electron chi connectivity index (χ1n) is 5.68. The molecule has 5 nitrogen and oxygen atoms in total. The Morgan fingerprint density at radius 3 is 2.50 bits per heavy atom. The quantitative estimate of drug-likeness (QED) is 0.437. The summed E-state index contributed by atoms with van der Waals surface area (Å²) in [6.07, 6.45) is -1.55. The molecular weight excluding hydrogens is 237 g/mol. The van der Waals surface area contributed by atoms with Crippen LogP contribution in [0.15, 0.2) is 18.2 Å². The summed E-state index contributed by atoms with van der Waals surface area (Å²) in [5.41, 5.74) is 6.08. The topological polar surface area (TPSA) is 93.6 Å². The van der Waals surface area contributed by atoms with Crippen LogP contribution in [-0.2, 0) is 6.54 Å². The van der Waals surface area contributed by atoms with Gasteiger partial charge in [0.05, 0.1) is 12.2 Å². The van der Waals surface area contributed by atoms with Gasteiger partial charge in [-0.1, -0.05) is 12.1 Å². The minimum atomic E-state index is -0.774. The largest absolute Gasteiger partial charge is 0.389 e. The van der Waals surface area contributed by atoms with Gasteiger partial charge in [0.2, 0.25) is 0 Å². The van der Waals surface area contributed by atoms with Gasteiger partial charge in [-0.25, -0.2) is 4.39 Å².